The first kappa shape index (κ1) is 13.2. The highest BCUT2D eigenvalue weighted by atomic mass is 32.2. The van der Waals surface area contributed by atoms with Crippen molar-refractivity contribution in [2.45, 2.75) is 38.2 Å². The van der Waals surface area contributed by atoms with Crippen LogP contribution in [0.25, 0.3) is 0 Å². The molecular formula is C13H23NO2S. The van der Waals surface area contributed by atoms with Crippen LogP contribution < -0.4 is 0 Å². The first-order chi connectivity index (χ1) is 8.08. The van der Waals surface area contributed by atoms with E-state index in [1.54, 1.807) is 11.8 Å². The molecule has 2 aliphatic rings. The van der Waals surface area contributed by atoms with E-state index in [1.165, 1.54) is 19.3 Å². The Morgan fingerprint density at radius 3 is 2.71 bits per heavy atom. The second-order valence-electron chi connectivity index (χ2n) is 5.54. The summed E-state index contributed by atoms with van der Waals surface area (Å²) in [6.07, 6.45) is 6.31. The normalized spacial score (nSPS) is 34.5. The molecule has 1 aliphatic carbocycles. The monoisotopic (exact) mass is 257 g/mol. The summed E-state index contributed by atoms with van der Waals surface area (Å²) in [6.45, 7) is 3.56. The predicted molar refractivity (Wildman–Crippen MR) is 71.0 cm³/mol. The largest absolute Gasteiger partial charge is 0.389 e. The summed E-state index contributed by atoms with van der Waals surface area (Å²) in [5.74, 6) is 1.48. The first-order valence-corrected chi connectivity index (χ1v) is 7.96. The van der Waals surface area contributed by atoms with Gasteiger partial charge in [0.25, 0.3) is 0 Å². The molecule has 2 rings (SSSR count). The Morgan fingerprint density at radius 2 is 2.24 bits per heavy atom. The number of likely N-dealkylation sites (tertiary alicyclic amines) is 1. The molecule has 0 radical (unpaired) electrons. The number of thioether (sulfide) groups is 1. The third kappa shape index (κ3) is 2.48. The number of aliphatic hydroxyl groups is 1. The van der Waals surface area contributed by atoms with E-state index in [9.17, 15) is 9.90 Å². The smallest absolute Gasteiger partial charge is 0.232 e. The van der Waals surface area contributed by atoms with Gasteiger partial charge in [0.1, 0.15) is 0 Å². The van der Waals surface area contributed by atoms with Gasteiger partial charge in [0.05, 0.1) is 11.4 Å². The third-order valence-corrected chi connectivity index (χ3v) is 5.10. The lowest BCUT2D eigenvalue weighted by Gasteiger charge is -2.50. The molecule has 2 atom stereocenters. The van der Waals surface area contributed by atoms with E-state index in [1.807, 2.05) is 11.2 Å². The van der Waals surface area contributed by atoms with E-state index in [-0.39, 0.29) is 11.8 Å². The minimum absolute atomic E-state index is 0.215. The van der Waals surface area contributed by atoms with Gasteiger partial charge in [-0.2, -0.15) is 11.8 Å². The van der Waals surface area contributed by atoms with Crippen LogP contribution in [0.2, 0.25) is 0 Å². The van der Waals surface area contributed by atoms with Crippen LogP contribution in [0, 0.1) is 11.8 Å². The van der Waals surface area contributed by atoms with Gasteiger partial charge in [-0.15, -0.1) is 0 Å². The maximum Gasteiger partial charge on any atom is 0.232 e. The summed E-state index contributed by atoms with van der Waals surface area (Å²) in [6, 6.07) is 0. The lowest BCUT2D eigenvalue weighted by Crippen LogP contribution is -2.57. The Balaban J connectivity index is 1.94. The molecule has 4 heteroatoms. The van der Waals surface area contributed by atoms with E-state index in [0.717, 1.165) is 19.5 Å². The van der Waals surface area contributed by atoms with Gasteiger partial charge in [-0.3, -0.25) is 4.79 Å². The van der Waals surface area contributed by atoms with Gasteiger partial charge < -0.3 is 10.0 Å². The van der Waals surface area contributed by atoms with Crippen molar-refractivity contribution in [1.82, 2.24) is 4.90 Å². The lowest BCUT2D eigenvalue weighted by molar-refractivity contribution is -0.148. The van der Waals surface area contributed by atoms with Gasteiger partial charge in [0.2, 0.25) is 5.91 Å². The molecule has 1 saturated carbocycles. The summed E-state index contributed by atoms with van der Waals surface area (Å²) in [5.41, 5.74) is -0.506. The van der Waals surface area contributed by atoms with E-state index < -0.39 is 5.60 Å². The molecule has 0 aromatic heterocycles. The zero-order valence-electron chi connectivity index (χ0n) is 10.8. The Bertz CT molecular complexity index is 293. The van der Waals surface area contributed by atoms with Gasteiger partial charge in [-0.25, -0.2) is 0 Å². The molecule has 1 amide bonds. The number of hydrogen-bond acceptors (Lipinski definition) is 3. The van der Waals surface area contributed by atoms with Crippen molar-refractivity contribution in [3.63, 3.8) is 0 Å². The number of nitrogens with zero attached hydrogens (tertiary/aromatic N) is 1. The maximum absolute atomic E-state index is 11.8. The van der Waals surface area contributed by atoms with Crippen molar-refractivity contribution >= 4 is 17.7 Å². The van der Waals surface area contributed by atoms with Crippen LogP contribution in [-0.2, 0) is 4.79 Å². The fourth-order valence-electron chi connectivity index (χ4n) is 3.10. The van der Waals surface area contributed by atoms with E-state index in [2.05, 4.69) is 6.92 Å². The van der Waals surface area contributed by atoms with Crippen LogP contribution in [0.15, 0.2) is 0 Å². The number of carbonyl (C=O) groups excluding carboxylic acids is 1. The Morgan fingerprint density at radius 1 is 1.53 bits per heavy atom. The van der Waals surface area contributed by atoms with Crippen LogP contribution in [0.3, 0.4) is 0 Å². The zero-order chi connectivity index (χ0) is 12.5. The summed E-state index contributed by atoms with van der Waals surface area (Å²) in [4.78, 5) is 13.8. The summed E-state index contributed by atoms with van der Waals surface area (Å²) in [5, 5.41) is 10.7. The number of rotatable bonds is 3. The van der Waals surface area contributed by atoms with Crippen LogP contribution in [0.5, 0.6) is 0 Å². The quantitative estimate of drug-likeness (QED) is 0.837. The minimum Gasteiger partial charge on any atom is -0.389 e. The molecule has 1 aliphatic heterocycles. The van der Waals surface area contributed by atoms with E-state index >= 15 is 0 Å². The zero-order valence-corrected chi connectivity index (χ0v) is 11.6. The van der Waals surface area contributed by atoms with Gasteiger partial charge in [0, 0.05) is 19.0 Å². The van der Waals surface area contributed by atoms with Crippen molar-refractivity contribution in [3.05, 3.63) is 0 Å². The van der Waals surface area contributed by atoms with Crippen molar-refractivity contribution < 1.29 is 9.90 Å². The summed E-state index contributed by atoms with van der Waals surface area (Å²) in [7, 11) is 0. The average molecular weight is 257 g/mol. The first-order valence-electron chi connectivity index (χ1n) is 6.57. The van der Waals surface area contributed by atoms with Crippen molar-refractivity contribution in [1.29, 1.82) is 0 Å². The van der Waals surface area contributed by atoms with Gasteiger partial charge in [-0.05, 0) is 31.4 Å². The topological polar surface area (TPSA) is 40.5 Å². The molecule has 0 aromatic carbocycles. The molecule has 17 heavy (non-hydrogen) atoms. The molecule has 98 valence electrons. The van der Waals surface area contributed by atoms with Crippen molar-refractivity contribution in [2.24, 2.45) is 11.8 Å². The number of hydrogen-bond donors (Lipinski definition) is 1. The van der Waals surface area contributed by atoms with Crippen molar-refractivity contribution in [3.8, 4) is 0 Å². The molecule has 0 aromatic rings. The highest BCUT2D eigenvalue weighted by Gasteiger charge is 2.47. The highest BCUT2D eigenvalue weighted by molar-refractivity contribution is 7.99. The Hall–Kier alpha value is -0.220. The number of piperidine rings is 1. The standard InChI is InChI=1S/C13H23NO2S/c1-10-8-14(12(15)9-17-2)7-6-13(10,16)11-4-3-5-11/h10-11,16H,3-9H2,1-2H3. The molecule has 1 saturated heterocycles. The third-order valence-electron chi connectivity index (χ3n) is 4.56. The molecule has 1 N–H and O–H groups in total. The average Bonchev–Trinajstić information content (AvgIpc) is 2.20. The Kier molecular flexibility index (Phi) is 4.03. The van der Waals surface area contributed by atoms with Gasteiger partial charge in [-0.1, -0.05) is 13.3 Å². The lowest BCUT2D eigenvalue weighted by atomic mass is 9.65. The molecule has 2 unspecified atom stereocenters. The molecule has 0 spiro atoms. The molecular weight excluding hydrogens is 234 g/mol. The second-order valence-corrected chi connectivity index (χ2v) is 6.41. The second kappa shape index (κ2) is 5.19. The van der Waals surface area contributed by atoms with Gasteiger partial charge >= 0.3 is 0 Å². The van der Waals surface area contributed by atoms with Gasteiger partial charge in [0.15, 0.2) is 0 Å². The predicted octanol–water partition coefficient (Wildman–Crippen LogP) is 1.75. The highest BCUT2D eigenvalue weighted by Crippen LogP contribution is 2.44. The van der Waals surface area contributed by atoms with Crippen LogP contribution in [0.1, 0.15) is 32.6 Å². The Labute approximate surface area is 108 Å². The fraction of sp³-hybridized carbons (Fsp3) is 0.923. The van der Waals surface area contributed by atoms with Crippen LogP contribution >= 0.6 is 11.8 Å². The van der Waals surface area contributed by atoms with E-state index in [0.29, 0.717) is 11.7 Å². The van der Waals surface area contributed by atoms with Crippen LogP contribution in [0.4, 0.5) is 0 Å². The maximum atomic E-state index is 11.8. The SMILES string of the molecule is CSCC(=O)N1CCC(O)(C2CCC2)C(C)C1. The van der Waals surface area contributed by atoms with E-state index in [4.69, 9.17) is 0 Å². The summed E-state index contributed by atoms with van der Waals surface area (Å²) >= 11 is 1.57. The fourth-order valence-corrected chi connectivity index (χ4v) is 3.53. The summed E-state index contributed by atoms with van der Waals surface area (Å²) < 4.78 is 0. The van der Waals surface area contributed by atoms with Crippen LogP contribution in [-0.4, -0.2) is 46.6 Å². The molecule has 2 fully saturated rings. The number of amides is 1. The molecule has 0 bridgehead atoms. The minimum atomic E-state index is -0.506. The number of carbonyl (C=O) groups is 1. The molecule has 3 nitrogen and oxygen atoms in total. The van der Waals surface area contributed by atoms with Crippen molar-refractivity contribution in [2.75, 3.05) is 25.1 Å². The molecule has 1 heterocycles.